The Hall–Kier alpha value is -3.25. The van der Waals surface area contributed by atoms with Crippen LogP contribution in [0.25, 0.3) is 0 Å². The molecule has 2 saturated heterocycles. The Morgan fingerprint density at radius 2 is 1.53 bits per heavy atom. The van der Waals surface area contributed by atoms with Crippen molar-refractivity contribution in [2.24, 2.45) is 0 Å². The molecule has 0 spiro atoms. The summed E-state index contributed by atoms with van der Waals surface area (Å²) in [6, 6.07) is 6.85. The van der Waals surface area contributed by atoms with E-state index in [0.29, 0.717) is 5.56 Å². The molecule has 236 valence electrons. The van der Waals surface area contributed by atoms with Gasteiger partial charge in [0.15, 0.2) is 23.6 Å². The Morgan fingerprint density at radius 1 is 0.837 bits per heavy atom. The number of benzene rings is 2. The van der Waals surface area contributed by atoms with Gasteiger partial charge in [0.05, 0.1) is 26.2 Å². The van der Waals surface area contributed by atoms with Crippen LogP contribution in [0, 0.1) is 0 Å². The lowest BCUT2D eigenvalue weighted by atomic mass is 9.95. The third-order valence-corrected chi connectivity index (χ3v) is 7.70. The minimum atomic E-state index is -1.77. The summed E-state index contributed by atoms with van der Waals surface area (Å²) in [7, 11) is 1.38. The molecular weight excluding hydrogens is 576 g/mol. The zero-order chi connectivity index (χ0) is 31.2. The second-order valence-corrected chi connectivity index (χ2v) is 10.6. The van der Waals surface area contributed by atoms with E-state index in [9.17, 15) is 45.6 Å². The van der Waals surface area contributed by atoms with Crippen LogP contribution >= 0.6 is 0 Å². The third-order valence-electron chi connectivity index (χ3n) is 7.70. The number of ketones is 1. The van der Waals surface area contributed by atoms with Crippen LogP contribution in [0.5, 0.6) is 28.7 Å². The van der Waals surface area contributed by atoms with Gasteiger partial charge in [0.2, 0.25) is 6.29 Å². The van der Waals surface area contributed by atoms with Gasteiger partial charge in [-0.2, -0.15) is 0 Å². The lowest BCUT2D eigenvalue weighted by Gasteiger charge is -2.42. The summed E-state index contributed by atoms with van der Waals surface area (Å²) in [5.41, 5.74) is 0.433. The minimum Gasteiger partial charge on any atom is -0.507 e. The van der Waals surface area contributed by atoms with Crippen molar-refractivity contribution < 1.29 is 74.1 Å². The highest BCUT2D eigenvalue weighted by Gasteiger charge is 2.47. The zero-order valence-corrected chi connectivity index (χ0v) is 23.1. The van der Waals surface area contributed by atoms with Crippen LogP contribution in [-0.4, -0.2) is 122 Å². The number of phenols is 2. The number of aliphatic hydroxyl groups is 6. The molecule has 2 aromatic carbocycles. The van der Waals surface area contributed by atoms with Gasteiger partial charge >= 0.3 is 0 Å². The summed E-state index contributed by atoms with van der Waals surface area (Å²) in [4.78, 5) is 12.9. The number of hydrogen-bond acceptors (Lipinski definition) is 15. The number of ether oxygens (including phenoxy) is 6. The number of carbonyl (C=O) groups is 1. The van der Waals surface area contributed by atoms with Crippen molar-refractivity contribution in [3.05, 3.63) is 41.5 Å². The monoisotopic (exact) mass is 610 g/mol. The van der Waals surface area contributed by atoms with Gasteiger partial charge in [-0.05, 0) is 24.6 Å². The molecule has 15 nitrogen and oxygen atoms in total. The van der Waals surface area contributed by atoms with Crippen LogP contribution in [0.15, 0.2) is 30.3 Å². The molecular formula is C28H34O15. The Bertz CT molecular complexity index is 1320. The first kappa shape index (κ1) is 31.2. The summed E-state index contributed by atoms with van der Waals surface area (Å²) in [5.74, 6) is -0.966. The van der Waals surface area contributed by atoms with Crippen molar-refractivity contribution >= 4 is 5.78 Å². The summed E-state index contributed by atoms with van der Waals surface area (Å²) in [5, 5.41) is 82.0. The quantitative estimate of drug-likeness (QED) is 0.185. The van der Waals surface area contributed by atoms with Gasteiger partial charge in [0.1, 0.15) is 71.6 Å². The van der Waals surface area contributed by atoms with Gasteiger partial charge in [-0.3, -0.25) is 4.79 Å². The SMILES string of the molecule is COc1cc([C@@H]2CC(=O)c3c(O)cc(O[C@@H]4O[C@H](CO[C@H]5O[C@@H](C)[C@H](O)[C@@H](O)[C@H]5O)[C@@H](O)[C@H](O)[C@H]4O)cc3O2)ccc1O. The number of hydrogen-bond donors (Lipinski definition) is 8. The minimum absolute atomic E-state index is 0.0349. The number of rotatable bonds is 7. The van der Waals surface area contributed by atoms with Gasteiger partial charge in [0, 0.05) is 12.1 Å². The van der Waals surface area contributed by atoms with Gasteiger partial charge in [-0.1, -0.05) is 6.07 Å². The van der Waals surface area contributed by atoms with E-state index in [1.807, 2.05) is 0 Å². The van der Waals surface area contributed by atoms with Gasteiger partial charge < -0.3 is 69.3 Å². The van der Waals surface area contributed by atoms with E-state index in [2.05, 4.69) is 0 Å². The second-order valence-electron chi connectivity index (χ2n) is 10.6. The molecule has 3 heterocycles. The maximum Gasteiger partial charge on any atom is 0.229 e. The fourth-order valence-corrected chi connectivity index (χ4v) is 5.19. The molecule has 11 atom stereocenters. The predicted octanol–water partition coefficient (Wildman–Crippen LogP) is -1.16. The first-order valence-electron chi connectivity index (χ1n) is 13.5. The van der Waals surface area contributed by atoms with Crippen molar-refractivity contribution in [1.29, 1.82) is 0 Å². The van der Waals surface area contributed by atoms with Crippen LogP contribution < -0.4 is 14.2 Å². The molecule has 3 aliphatic heterocycles. The Labute approximate surface area is 245 Å². The van der Waals surface area contributed by atoms with Crippen LogP contribution in [-0.2, 0) is 14.2 Å². The zero-order valence-electron chi connectivity index (χ0n) is 23.1. The normalized spacial score (nSPS) is 36.0. The number of aliphatic hydroxyl groups excluding tert-OH is 6. The molecule has 15 heteroatoms. The topological polar surface area (TPSA) is 234 Å². The van der Waals surface area contributed by atoms with Gasteiger partial charge in [0.25, 0.3) is 0 Å². The molecule has 0 radical (unpaired) electrons. The number of aromatic hydroxyl groups is 2. The number of fused-ring (bicyclic) bond motifs is 1. The Kier molecular flexibility index (Phi) is 8.99. The molecule has 0 aliphatic carbocycles. The average molecular weight is 611 g/mol. The molecule has 0 aromatic heterocycles. The molecule has 0 amide bonds. The van der Waals surface area contributed by atoms with Gasteiger partial charge in [-0.15, -0.1) is 0 Å². The van der Waals surface area contributed by atoms with Crippen LogP contribution in [0.3, 0.4) is 0 Å². The number of carbonyl (C=O) groups excluding carboxylic acids is 1. The highest BCUT2D eigenvalue weighted by atomic mass is 16.7. The number of Topliss-reactive ketones (excluding diaryl/α,β-unsaturated/α-hetero) is 1. The summed E-state index contributed by atoms with van der Waals surface area (Å²) in [6.07, 6.45) is -15.9. The summed E-state index contributed by atoms with van der Waals surface area (Å²) < 4.78 is 33.3. The van der Waals surface area contributed by atoms with E-state index in [4.69, 9.17) is 28.4 Å². The lowest BCUT2D eigenvalue weighted by Crippen LogP contribution is -2.61. The lowest BCUT2D eigenvalue weighted by molar-refractivity contribution is -0.318. The van der Waals surface area contributed by atoms with Gasteiger partial charge in [-0.25, -0.2) is 0 Å². The van der Waals surface area contributed by atoms with E-state index >= 15 is 0 Å². The molecule has 2 fully saturated rings. The molecule has 3 aliphatic rings. The van der Waals surface area contributed by atoms with Crippen LogP contribution in [0.1, 0.15) is 35.4 Å². The third kappa shape index (κ3) is 6.08. The van der Waals surface area contributed by atoms with E-state index in [1.165, 1.54) is 32.2 Å². The molecule has 5 rings (SSSR count). The standard InChI is InChI=1S/C28H34O15/c1-10-21(32)23(34)25(36)27(40-10)39-9-19-22(33)24(35)26(37)28(43-19)41-12-6-14(30)20-15(31)8-16(42-18(20)7-12)11-3-4-13(29)17(5-11)38-2/h3-7,10,16,19,21-30,32-37H,8-9H2,1-2H3/t10-,16-,19+,21-,22+,23+,24-,25+,26+,27-,28+/m0/s1. The van der Waals surface area contributed by atoms with Crippen LogP contribution in [0.2, 0.25) is 0 Å². The van der Waals surface area contributed by atoms with Crippen molar-refractivity contribution in [2.75, 3.05) is 13.7 Å². The van der Waals surface area contributed by atoms with Crippen LogP contribution in [0.4, 0.5) is 0 Å². The first-order valence-corrected chi connectivity index (χ1v) is 13.5. The highest BCUT2D eigenvalue weighted by molar-refractivity contribution is 6.02. The van der Waals surface area contributed by atoms with E-state index in [0.717, 1.165) is 6.07 Å². The molecule has 8 N–H and O–H groups in total. The fraction of sp³-hybridized carbons (Fsp3) is 0.536. The molecule has 2 aromatic rings. The molecule has 0 bridgehead atoms. The fourth-order valence-electron chi connectivity index (χ4n) is 5.19. The van der Waals surface area contributed by atoms with Crippen molar-refractivity contribution in [3.63, 3.8) is 0 Å². The smallest absolute Gasteiger partial charge is 0.229 e. The van der Waals surface area contributed by atoms with Crippen molar-refractivity contribution in [3.8, 4) is 28.7 Å². The summed E-state index contributed by atoms with van der Waals surface area (Å²) >= 11 is 0. The maximum absolute atomic E-state index is 12.9. The Morgan fingerprint density at radius 3 is 2.26 bits per heavy atom. The maximum atomic E-state index is 12.9. The van der Waals surface area contributed by atoms with Crippen molar-refractivity contribution in [1.82, 2.24) is 0 Å². The predicted molar refractivity (Wildman–Crippen MR) is 141 cm³/mol. The average Bonchev–Trinajstić information content (AvgIpc) is 2.97. The van der Waals surface area contributed by atoms with E-state index in [1.54, 1.807) is 6.07 Å². The van der Waals surface area contributed by atoms with E-state index < -0.39 is 85.7 Å². The van der Waals surface area contributed by atoms with E-state index in [-0.39, 0.29) is 35.0 Å². The molecule has 0 unspecified atom stereocenters. The number of phenolic OH excluding ortho intramolecular Hbond substituents is 2. The largest absolute Gasteiger partial charge is 0.507 e. The highest BCUT2D eigenvalue weighted by Crippen LogP contribution is 2.43. The Balaban J connectivity index is 1.31. The molecule has 43 heavy (non-hydrogen) atoms. The number of methoxy groups -OCH3 is 1. The second kappa shape index (κ2) is 12.4. The first-order chi connectivity index (χ1) is 20.4. The summed E-state index contributed by atoms with van der Waals surface area (Å²) in [6.45, 7) is 0.966. The van der Waals surface area contributed by atoms with Crippen molar-refractivity contribution in [2.45, 2.75) is 80.9 Å². The molecule has 0 saturated carbocycles.